The highest BCUT2D eigenvalue weighted by atomic mass is 19.3. The first-order valence-electron chi connectivity index (χ1n) is 8.58. The number of fused-ring (bicyclic) bond motifs is 1. The van der Waals surface area contributed by atoms with E-state index in [1.807, 2.05) is 37.4 Å². The number of aromatic nitrogens is 2. The van der Waals surface area contributed by atoms with Crippen LogP contribution in [-0.2, 0) is 6.54 Å². The van der Waals surface area contributed by atoms with Crippen LogP contribution in [-0.4, -0.2) is 35.3 Å². The van der Waals surface area contributed by atoms with Crippen molar-refractivity contribution in [3.05, 3.63) is 65.7 Å². The Kier molecular flexibility index (Phi) is 5.87. The van der Waals surface area contributed by atoms with Crippen LogP contribution >= 0.6 is 0 Å². The van der Waals surface area contributed by atoms with Crippen LogP contribution in [0.1, 0.15) is 11.4 Å². The second-order valence-electron chi connectivity index (χ2n) is 6.37. The molecule has 1 atom stereocenters. The average molecular weight is 385 g/mol. The molecule has 1 unspecified atom stereocenters. The lowest BCUT2D eigenvalue weighted by Gasteiger charge is -2.14. The summed E-state index contributed by atoms with van der Waals surface area (Å²) < 4.78 is 28.7. The second kappa shape index (κ2) is 8.50. The Balaban J connectivity index is 1.70. The van der Waals surface area contributed by atoms with Gasteiger partial charge in [0.05, 0.1) is 18.1 Å². The highest BCUT2D eigenvalue weighted by molar-refractivity contribution is 5.82. The van der Waals surface area contributed by atoms with Crippen molar-refractivity contribution < 1.29 is 23.5 Å². The molecule has 6 nitrogen and oxygen atoms in total. The van der Waals surface area contributed by atoms with Gasteiger partial charge in [0.2, 0.25) is 0 Å². The number of halogens is 2. The third kappa shape index (κ3) is 4.64. The highest BCUT2D eigenvalue weighted by Gasteiger charge is 2.16. The number of likely N-dealkylation sites (N-methyl/N-ethyl adjacent to an activating group) is 1. The quantitative estimate of drug-likeness (QED) is 0.431. The van der Waals surface area contributed by atoms with Gasteiger partial charge in [-0.15, -0.1) is 0 Å². The van der Waals surface area contributed by atoms with Crippen LogP contribution in [0.3, 0.4) is 0 Å². The van der Waals surface area contributed by atoms with Gasteiger partial charge in [0.25, 0.3) is 0 Å². The number of hydrogen-bond acceptors (Lipinski definition) is 4. The first-order chi connectivity index (χ1) is 13.5. The van der Waals surface area contributed by atoms with Crippen molar-refractivity contribution in [2.45, 2.75) is 13.2 Å². The van der Waals surface area contributed by atoms with Crippen molar-refractivity contribution in [1.82, 2.24) is 9.97 Å². The Hall–Kier alpha value is -3.44. The topological polar surface area (TPSA) is 86.4 Å². The lowest BCUT2D eigenvalue weighted by atomic mass is 10.2. The van der Waals surface area contributed by atoms with Crippen LogP contribution in [0.5, 0.6) is 5.75 Å². The minimum Gasteiger partial charge on any atom is -0.506 e. The molecule has 0 amide bonds. The van der Waals surface area contributed by atoms with Gasteiger partial charge >= 0.3 is 6.61 Å². The van der Waals surface area contributed by atoms with E-state index in [2.05, 4.69) is 14.7 Å². The zero-order chi connectivity index (χ0) is 20.1. The Bertz CT molecular complexity index is 990. The average Bonchev–Trinajstić information content (AvgIpc) is 3.07. The Labute approximate surface area is 160 Å². The first kappa shape index (κ1) is 19.3. The van der Waals surface area contributed by atoms with E-state index < -0.39 is 6.61 Å². The number of benzene rings is 2. The number of imidazole rings is 1. The van der Waals surface area contributed by atoms with Crippen LogP contribution in [0, 0.1) is 11.3 Å². The molecule has 0 aliphatic carbocycles. The number of nitrogens with zero attached hydrogens (tertiary/aromatic N) is 2. The molecule has 3 aromatic rings. The van der Waals surface area contributed by atoms with Gasteiger partial charge in [-0.1, -0.05) is 12.1 Å². The van der Waals surface area contributed by atoms with E-state index in [0.29, 0.717) is 17.9 Å². The predicted molar refractivity (Wildman–Crippen MR) is 99.8 cm³/mol. The van der Waals surface area contributed by atoms with Crippen molar-refractivity contribution in [1.29, 1.82) is 5.26 Å². The molecule has 0 aliphatic rings. The number of ether oxygens (including phenoxy) is 1. The van der Waals surface area contributed by atoms with Crippen molar-refractivity contribution in [2.24, 2.45) is 0 Å². The lowest BCUT2D eigenvalue weighted by molar-refractivity contribution is -0.890. The van der Waals surface area contributed by atoms with Crippen LogP contribution < -0.4 is 9.64 Å². The number of aliphatic hydroxyl groups excluding tert-OH is 1. The Morgan fingerprint density at radius 1 is 1.25 bits per heavy atom. The van der Waals surface area contributed by atoms with Gasteiger partial charge in [-0.05, 0) is 36.4 Å². The third-order valence-corrected chi connectivity index (χ3v) is 4.15. The molecule has 0 saturated heterocycles. The normalized spacial score (nSPS) is 13.2. The molecular formula is C20H19F2N4O2+. The molecule has 0 fully saturated rings. The van der Waals surface area contributed by atoms with Gasteiger partial charge in [-0.3, -0.25) is 0 Å². The minimum absolute atomic E-state index is 0.0725. The first-order valence-corrected chi connectivity index (χ1v) is 8.58. The molecule has 1 aromatic heterocycles. The van der Waals surface area contributed by atoms with Crippen LogP contribution in [0.2, 0.25) is 0 Å². The summed E-state index contributed by atoms with van der Waals surface area (Å²) in [6.45, 7) is -2.13. The maximum Gasteiger partial charge on any atom is 0.387 e. The summed E-state index contributed by atoms with van der Waals surface area (Å²) in [4.78, 5) is 8.29. The van der Waals surface area contributed by atoms with Crippen molar-refractivity contribution in [3.63, 3.8) is 0 Å². The van der Waals surface area contributed by atoms with Crippen molar-refractivity contribution >= 4 is 16.6 Å². The van der Waals surface area contributed by atoms with Crippen LogP contribution in [0.4, 0.5) is 8.78 Å². The Morgan fingerprint density at radius 2 is 1.96 bits per heavy atom. The monoisotopic (exact) mass is 385 g/mol. The molecular weight excluding hydrogens is 366 g/mol. The number of nitriles is 1. The minimum atomic E-state index is -2.86. The molecule has 0 bridgehead atoms. The number of aliphatic hydroxyl groups is 1. The SMILES string of the molecule is C[NH+](C/C(O)=C(\C#N)c1nc2ccccc2[nH]1)Cc1ccc(OC(F)F)cc1. The summed E-state index contributed by atoms with van der Waals surface area (Å²) >= 11 is 0. The summed E-state index contributed by atoms with van der Waals surface area (Å²) in [5.41, 5.74) is 2.47. The molecule has 0 aliphatic heterocycles. The summed E-state index contributed by atoms with van der Waals surface area (Å²) in [6, 6.07) is 15.7. The van der Waals surface area contributed by atoms with Crippen molar-refractivity contribution in [2.75, 3.05) is 13.6 Å². The van der Waals surface area contributed by atoms with Gasteiger partial charge in [0, 0.05) is 5.56 Å². The van der Waals surface area contributed by atoms with Gasteiger partial charge < -0.3 is 19.7 Å². The number of quaternary nitrogens is 1. The number of alkyl halides is 2. The van der Waals surface area contributed by atoms with E-state index in [9.17, 15) is 19.1 Å². The lowest BCUT2D eigenvalue weighted by Crippen LogP contribution is -3.07. The number of H-pyrrole nitrogens is 1. The molecule has 3 N–H and O–H groups in total. The molecule has 1 heterocycles. The number of para-hydroxylation sites is 2. The summed E-state index contributed by atoms with van der Waals surface area (Å²) in [7, 11) is 1.85. The van der Waals surface area contributed by atoms with Gasteiger partial charge in [-0.2, -0.15) is 14.0 Å². The van der Waals surface area contributed by atoms with Gasteiger partial charge in [-0.25, -0.2) is 4.98 Å². The molecule has 3 rings (SSSR count). The Morgan fingerprint density at radius 3 is 2.61 bits per heavy atom. The molecule has 144 valence electrons. The van der Waals surface area contributed by atoms with E-state index in [4.69, 9.17) is 0 Å². The molecule has 0 saturated carbocycles. The maximum atomic E-state index is 12.2. The third-order valence-electron chi connectivity index (χ3n) is 4.15. The molecule has 28 heavy (non-hydrogen) atoms. The number of allylic oxidation sites excluding steroid dienone is 1. The number of nitrogens with one attached hydrogen (secondary N) is 2. The fourth-order valence-electron chi connectivity index (χ4n) is 2.90. The summed E-state index contributed by atoms with van der Waals surface area (Å²) in [5, 5.41) is 19.9. The maximum absolute atomic E-state index is 12.2. The molecule has 0 radical (unpaired) electrons. The van der Waals surface area contributed by atoms with Crippen LogP contribution in [0.15, 0.2) is 54.3 Å². The summed E-state index contributed by atoms with van der Waals surface area (Å²) in [6.07, 6.45) is 0. The molecule has 2 aromatic carbocycles. The standard InChI is InChI=1S/C20H18F2N4O2/c1-26(11-13-6-8-14(9-7-13)28-20(21)22)12-18(27)15(10-23)19-24-16-4-2-3-5-17(16)25-19/h2-9,20,27H,11-12H2,1H3,(H,24,25)/p+1/b18-15-. The predicted octanol–water partition coefficient (Wildman–Crippen LogP) is 2.67. The summed E-state index contributed by atoms with van der Waals surface area (Å²) in [5.74, 6) is 0.343. The number of hydrogen-bond donors (Lipinski definition) is 3. The second-order valence-corrected chi connectivity index (χ2v) is 6.37. The van der Waals surface area contributed by atoms with E-state index in [1.165, 1.54) is 12.1 Å². The van der Waals surface area contributed by atoms with E-state index in [0.717, 1.165) is 16.0 Å². The number of rotatable bonds is 7. The zero-order valence-electron chi connectivity index (χ0n) is 15.1. The fraction of sp³-hybridized carbons (Fsp3) is 0.200. The molecule has 8 heteroatoms. The highest BCUT2D eigenvalue weighted by Crippen LogP contribution is 2.18. The molecule has 0 spiro atoms. The number of aromatic amines is 1. The van der Waals surface area contributed by atoms with Gasteiger partial charge in [0.15, 0.2) is 11.6 Å². The van der Waals surface area contributed by atoms with Crippen molar-refractivity contribution in [3.8, 4) is 11.8 Å². The smallest absolute Gasteiger partial charge is 0.387 e. The largest absolute Gasteiger partial charge is 0.506 e. The fourth-order valence-corrected chi connectivity index (χ4v) is 2.90. The zero-order valence-corrected chi connectivity index (χ0v) is 15.1. The van der Waals surface area contributed by atoms with E-state index >= 15 is 0 Å². The van der Waals surface area contributed by atoms with Crippen LogP contribution in [0.25, 0.3) is 16.6 Å². The van der Waals surface area contributed by atoms with E-state index in [-0.39, 0.29) is 23.6 Å². The van der Waals surface area contributed by atoms with Gasteiger partial charge in [0.1, 0.15) is 30.5 Å². The van der Waals surface area contributed by atoms with E-state index in [1.54, 1.807) is 12.1 Å².